The van der Waals surface area contributed by atoms with Crippen LogP contribution in [0.4, 0.5) is 0 Å². The molecule has 0 rings (SSSR count). The first-order valence-electron chi connectivity index (χ1n) is 6.39. The smallest absolute Gasteiger partial charge is 0.303 e. The maximum absolute atomic E-state index is 11.7. The minimum Gasteiger partial charge on any atom is -0.303 e. The lowest BCUT2D eigenvalue weighted by molar-refractivity contribution is -0.0577. The average molecular weight is 671 g/mol. The van der Waals surface area contributed by atoms with Gasteiger partial charge in [-0.15, -0.1) is 34.8 Å². The summed E-state index contributed by atoms with van der Waals surface area (Å²) in [5.74, 6) is 0.0119. The van der Waals surface area contributed by atoms with Gasteiger partial charge in [-0.25, -0.2) is 4.57 Å². The summed E-state index contributed by atoms with van der Waals surface area (Å²) >= 11 is 32.1. The lowest BCUT2D eigenvalue weighted by Gasteiger charge is -2.49. The van der Waals surface area contributed by atoms with Gasteiger partial charge < -0.3 is 9.79 Å². The molecule has 140 valence electrons. The highest BCUT2D eigenvalue weighted by atomic mass is 79.9. The predicted octanol–water partition coefficient (Wildman–Crippen LogP) is 5.63. The molecule has 0 aromatic heterocycles. The molecule has 2 atom stereocenters. The van der Waals surface area contributed by atoms with Crippen molar-refractivity contribution in [3.05, 3.63) is 0 Å². The molecule has 2 unspecified atom stereocenters. The van der Waals surface area contributed by atoms with Gasteiger partial charge in [-0.2, -0.15) is 0 Å². The highest BCUT2D eigenvalue weighted by Gasteiger charge is 2.55. The lowest BCUT2D eigenvalue weighted by atomic mass is 9.71. The van der Waals surface area contributed by atoms with E-state index in [0.29, 0.717) is 10.7 Å². The maximum Gasteiger partial charge on any atom is 0.470 e. The van der Waals surface area contributed by atoms with Crippen LogP contribution in [-0.2, 0) is 9.09 Å². The molecule has 4 nitrogen and oxygen atoms in total. The topological polar surface area (TPSA) is 66.8 Å². The fourth-order valence-electron chi connectivity index (χ4n) is 2.21. The third kappa shape index (κ3) is 7.81. The van der Waals surface area contributed by atoms with Crippen LogP contribution in [0.3, 0.4) is 0 Å². The summed E-state index contributed by atoms with van der Waals surface area (Å²) in [5, 5.41) is 1.12. The Hall–Kier alpha value is 2.90. The number of hydrogen-bond acceptors (Lipinski definition) is 2. The van der Waals surface area contributed by atoms with E-state index < -0.39 is 18.8 Å². The fraction of sp³-hybridized carbons (Fsp3) is 1.00. The molecule has 0 fully saturated rings. The van der Waals surface area contributed by atoms with Crippen LogP contribution in [0.15, 0.2) is 0 Å². The molecule has 0 bridgehead atoms. The minimum atomic E-state index is -4.80. The van der Waals surface area contributed by atoms with Gasteiger partial charge in [0.05, 0.1) is 5.60 Å². The third-order valence-corrected chi connectivity index (χ3v) is 10.2. The van der Waals surface area contributed by atoms with E-state index in [0.717, 1.165) is 0 Å². The van der Waals surface area contributed by atoms with Gasteiger partial charge in [0.25, 0.3) is 0 Å². The molecule has 0 radical (unpaired) electrons. The first-order chi connectivity index (χ1) is 10.5. The van der Waals surface area contributed by atoms with Crippen LogP contribution < -0.4 is 0 Å². The van der Waals surface area contributed by atoms with E-state index in [9.17, 15) is 14.4 Å². The molecular weight excluding hydrogens is 653 g/mol. The Kier molecular flexibility index (Phi) is 13.1. The Balaban J connectivity index is 6.13. The zero-order valence-corrected chi connectivity index (χ0v) is 21.4. The van der Waals surface area contributed by atoms with Gasteiger partial charge >= 0.3 is 7.82 Å². The van der Waals surface area contributed by atoms with Crippen molar-refractivity contribution in [3.63, 3.8) is 0 Å². The van der Waals surface area contributed by atoms with Gasteiger partial charge in [-0.3, -0.25) is 4.52 Å². The first-order valence-corrected chi connectivity index (χ1v) is 13.6. The molecule has 0 saturated heterocycles. The van der Waals surface area contributed by atoms with E-state index in [1.54, 1.807) is 0 Å². The molecule has 0 spiro atoms. The Morgan fingerprint density at radius 3 is 1.52 bits per heavy atom. The van der Waals surface area contributed by atoms with E-state index in [1.807, 2.05) is 0 Å². The summed E-state index contributed by atoms with van der Waals surface area (Å²) < 4.78 is 17.0. The first kappa shape index (κ1) is 25.9. The number of alkyl halides is 7. The fourth-order valence-corrected chi connectivity index (χ4v) is 6.10. The van der Waals surface area contributed by atoms with E-state index in [1.165, 1.54) is 0 Å². The van der Waals surface area contributed by atoms with Crippen LogP contribution in [0.2, 0.25) is 0 Å². The van der Waals surface area contributed by atoms with Crippen molar-refractivity contribution in [1.82, 2.24) is 0 Å². The predicted molar refractivity (Wildman–Crippen MR) is 113 cm³/mol. The average Bonchev–Trinajstić information content (AvgIpc) is 2.47. The number of rotatable bonds is 12. The molecule has 0 aliphatic carbocycles. The van der Waals surface area contributed by atoms with Crippen molar-refractivity contribution < 1.29 is 18.9 Å². The van der Waals surface area contributed by atoms with Gasteiger partial charge in [0.2, 0.25) is 0 Å². The molecule has 0 aromatic rings. The maximum atomic E-state index is 11.7. The van der Waals surface area contributed by atoms with E-state index in [4.69, 9.17) is 39.3 Å². The second-order valence-corrected chi connectivity index (χ2v) is 11.0. The molecule has 0 aliphatic heterocycles. The summed E-state index contributed by atoms with van der Waals surface area (Å²) in [6.45, 7) is 0. The quantitative estimate of drug-likeness (QED) is 0.209. The molecule has 0 amide bonds. The number of phosphoric acid groups is 1. The molecular formula is C11H18Br4Cl3O4P. The monoisotopic (exact) mass is 666 g/mol. The van der Waals surface area contributed by atoms with Gasteiger partial charge in [-0.05, 0) is 12.8 Å². The number of hydrogen-bond donors (Lipinski definition) is 2. The normalized spacial score (nSPS) is 18.5. The molecule has 0 aliphatic rings. The molecule has 23 heavy (non-hydrogen) atoms. The van der Waals surface area contributed by atoms with Gasteiger partial charge in [0.1, 0.15) is 0 Å². The second-order valence-electron chi connectivity index (χ2n) is 5.17. The van der Waals surface area contributed by atoms with Crippen molar-refractivity contribution in [1.29, 1.82) is 0 Å². The van der Waals surface area contributed by atoms with Crippen LogP contribution >= 0.6 is 106 Å². The van der Waals surface area contributed by atoms with Crippen molar-refractivity contribution >= 4 is 106 Å². The molecule has 0 aromatic carbocycles. The Labute approximate surface area is 185 Å². The van der Waals surface area contributed by atoms with E-state index in [-0.39, 0.29) is 40.1 Å². The van der Waals surface area contributed by atoms with Gasteiger partial charge in [0, 0.05) is 43.4 Å². The number of halogens is 7. The van der Waals surface area contributed by atoms with E-state index >= 15 is 0 Å². The van der Waals surface area contributed by atoms with Crippen LogP contribution in [0.1, 0.15) is 12.8 Å². The van der Waals surface area contributed by atoms with Crippen LogP contribution in [0, 0.1) is 5.41 Å². The Morgan fingerprint density at radius 1 is 0.957 bits per heavy atom. The highest BCUT2D eigenvalue weighted by Crippen LogP contribution is 2.55. The summed E-state index contributed by atoms with van der Waals surface area (Å²) in [6, 6.07) is 0. The SMILES string of the molecule is O=P(O)(O)OC(CC(Br)CBr)(CC(Br)CBr)C(CCl)(CCl)CCl. The molecule has 0 saturated carbocycles. The van der Waals surface area contributed by atoms with Gasteiger partial charge in [-0.1, -0.05) is 63.7 Å². The summed E-state index contributed by atoms with van der Waals surface area (Å²) in [6.07, 6.45) is 0.537. The summed E-state index contributed by atoms with van der Waals surface area (Å²) in [4.78, 5) is 18.7. The Morgan fingerprint density at radius 2 is 1.30 bits per heavy atom. The highest BCUT2D eigenvalue weighted by molar-refractivity contribution is 9.12. The molecule has 0 heterocycles. The number of phosphoric ester groups is 1. The zero-order chi connectivity index (χ0) is 18.3. The van der Waals surface area contributed by atoms with Crippen molar-refractivity contribution in [3.8, 4) is 0 Å². The molecule has 2 N–H and O–H groups in total. The summed E-state index contributed by atoms with van der Waals surface area (Å²) in [7, 11) is -4.80. The third-order valence-electron chi connectivity index (χ3n) is 3.46. The van der Waals surface area contributed by atoms with Gasteiger partial charge in [0.15, 0.2) is 0 Å². The van der Waals surface area contributed by atoms with Crippen molar-refractivity contribution in [2.45, 2.75) is 28.1 Å². The van der Waals surface area contributed by atoms with Crippen LogP contribution in [0.5, 0.6) is 0 Å². The lowest BCUT2D eigenvalue weighted by Crippen LogP contribution is -2.56. The standard InChI is InChI=1S/C11H18Br4Cl3O4P/c12-3-8(14)1-11(2-9(15)4-13,22-23(19,20)21)10(5-16,6-17)7-18/h8-9H,1-7H2,(H2,19,20,21). The van der Waals surface area contributed by atoms with Crippen molar-refractivity contribution in [2.75, 3.05) is 28.3 Å². The molecule has 12 heteroatoms. The summed E-state index contributed by atoms with van der Waals surface area (Å²) in [5.41, 5.74) is -2.33. The second kappa shape index (κ2) is 11.7. The zero-order valence-electron chi connectivity index (χ0n) is 11.9. The minimum absolute atomic E-state index is 0.00398. The van der Waals surface area contributed by atoms with E-state index in [2.05, 4.69) is 63.7 Å². The van der Waals surface area contributed by atoms with Crippen LogP contribution in [0.25, 0.3) is 0 Å². The Bertz CT molecular complexity index is 377. The van der Waals surface area contributed by atoms with Crippen LogP contribution in [-0.4, -0.2) is 53.3 Å². The largest absolute Gasteiger partial charge is 0.470 e. The van der Waals surface area contributed by atoms with Crippen molar-refractivity contribution in [2.24, 2.45) is 5.41 Å².